The fourth-order valence-corrected chi connectivity index (χ4v) is 7.40. The Bertz CT molecular complexity index is 1710. The van der Waals surface area contributed by atoms with Crippen molar-refractivity contribution in [1.29, 1.82) is 0 Å². The van der Waals surface area contributed by atoms with Crippen molar-refractivity contribution in [3.63, 3.8) is 0 Å². The van der Waals surface area contributed by atoms with Gasteiger partial charge in [0, 0.05) is 56.3 Å². The van der Waals surface area contributed by atoms with Crippen LogP contribution in [0.1, 0.15) is 65.2 Å². The largest absolute Gasteiger partial charge is 0.478 e. The van der Waals surface area contributed by atoms with Crippen LogP contribution in [0, 0.1) is 5.41 Å². The maximum absolute atomic E-state index is 12.4. The number of nitrogens with one attached hydrogen (secondary N) is 5. The number of unbranched alkanes of at least 4 members (excludes halogenated alkanes) is 2. The number of amides is 2. The van der Waals surface area contributed by atoms with Crippen LogP contribution in [-0.2, 0) is 23.8 Å². The van der Waals surface area contributed by atoms with Gasteiger partial charge in [-0.05, 0) is 69.2 Å². The number of hydrogen-bond acceptors (Lipinski definition) is 15. The van der Waals surface area contributed by atoms with Gasteiger partial charge in [0.15, 0.2) is 0 Å². The number of carbonyl (C=O) groups excluding carboxylic acids is 2. The van der Waals surface area contributed by atoms with E-state index < -0.39 is 28.6 Å². The molecule has 2 aromatic carbocycles. The minimum atomic E-state index is -3.76. The zero-order chi connectivity index (χ0) is 44.5. The number of aromatic nitrogens is 1. The highest BCUT2D eigenvalue weighted by Gasteiger charge is 2.32. The Kier molecular flexibility index (Phi) is 22.4. The van der Waals surface area contributed by atoms with E-state index in [9.17, 15) is 9.59 Å². The fraction of sp³-hybridized carbons (Fsp3) is 0.545. The molecule has 0 saturated carbocycles. The fourth-order valence-electron chi connectivity index (χ4n) is 6.63. The monoisotopic (exact) mass is 884 g/mol. The second-order valence-corrected chi connectivity index (χ2v) is 17.2. The van der Waals surface area contributed by atoms with Crippen LogP contribution in [0.4, 0.5) is 0 Å². The molecule has 0 aliphatic carbocycles. The van der Waals surface area contributed by atoms with Crippen molar-refractivity contribution in [2.75, 3.05) is 78.7 Å². The van der Waals surface area contributed by atoms with E-state index in [0.29, 0.717) is 84.5 Å². The number of ether oxygens (including phenoxy) is 4. The lowest BCUT2D eigenvalue weighted by atomic mass is 9.85. The van der Waals surface area contributed by atoms with E-state index in [0.717, 1.165) is 66.9 Å². The molecule has 1 aliphatic rings. The molecule has 344 valence electrons. The Balaban J connectivity index is 0.983. The Morgan fingerprint density at radius 2 is 1.39 bits per heavy atom. The van der Waals surface area contributed by atoms with Gasteiger partial charge < -0.3 is 48.6 Å². The summed E-state index contributed by atoms with van der Waals surface area (Å²) in [5.74, 6) is 0.702. The smallest absolute Gasteiger partial charge is 0.238 e. The number of rotatable bonds is 32. The van der Waals surface area contributed by atoms with E-state index >= 15 is 0 Å². The molecule has 1 aliphatic heterocycles. The van der Waals surface area contributed by atoms with Crippen molar-refractivity contribution in [2.45, 2.75) is 71.3 Å². The summed E-state index contributed by atoms with van der Waals surface area (Å²) in [6.07, 6.45) is 6.09. The van der Waals surface area contributed by atoms with Crippen LogP contribution >= 0.6 is 10.9 Å². The van der Waals surface area contributed by atoms with Crippen molar-refractivity contribution in [3.05, 3.63) is 72.8 Å². The number of hydrazine groups is 2. The Labute approximate surface area is 368 Å². The van der Waals surface area contributed by atoms with Gasteiger partial charge >= 0.3 is 0 Å². The molecule has 0 saturated heterocycles. The van der Waals surface area contributed by atoms with E-state index in [2.05, 4.69) is 76.3 Å². The molecule has 0 bridgehead atoms. The molecule has 1 atom stereocenters. The van der Waals surface area contributed by atoms with E-state index in [1.807, 2.05) is 47.5 Å². The van der Waals surface area contributed by atoms with Crippen LogP contribution in [0.2, 0.25) is 0 Å². The van der Waals surface area contributed by atoms with Crippen molar-refractivity contribution in [3.8, 4) is 28.3 Å². The molecule has 62 heavy (non-hydrogen) atoms. The van der Waals surface area contributed by atoms with E-state index in [1.54, 1.807) is 0 Å². The quantitative estimate of drug-likeness (QED) is 0.0354. The average Bonchev–Trinajstić information content (AvgIpc) is 3.75. The van der Waals surface area contributed by atoms with E-state index in [1.165, 1.54) is 7.05 Å². The number of hydrogen-bond donors (Lipinski definition) is 8. The molecule has 0 radical (unpaired) electrons. The third-order valence-corrected chi connectivity index (χ3v) is 10.8. The van der Waals surface area contributed by atoms with Crippen molar-refractivity contribution >= 4 is 28.5 Å². The third-order valence-electron chi connectivity index (χ3n) is 10.0. The molecule has 1 aromatic heterocycles. The van der Waals surface area contributed by atoms with Crippen LogP contribution in [0.25, 0.3) is 22.4 Å². The van der Waals surface area contributed by atoms with Crippen molar-refractivity contribution in [1.82, 2.24) is 37.0 Å². The zero-order valence-corrected chi connectivity index (χ0v) is 37.3. The molecule has 8 N–H and O–H groups in total. The highest BCUT2D eigenvalue weighted by atomic mass is 32.3. The van der Waals surface area contributed by atoms with Gasteiger partial charge in [-0.25, -0.2) is 10.5 Å². The first kappa shape index (κ1) is 50.3. The predicted molar refractivity (Wildman–Crippen MR) is 243 cm³/mol. The summed E-state index contributed by atoms with van der Waals surface area (Å²) in [6.45, 7) is 9.23. The highest BCUT2D eigenvalue weighted by Crippen LogP contribution is 2.33. The summed E-state index contributed by atoms with van der Waals surface area (Å²) in [5, 5.41) is 14.9. The van der Waals surface area contributed by atoms with Gasteiger partial charge in [-0.15, -0.1) is 10.6 Å². The summed E-state index contributed by atoms with van der Waals surface area (Å²) >= 11 is 0. The Hall–Kier alpha value is -4.37. The normalized spacial score (nSPS) is 13.6. The first-order valence-electron chi connectivity index (χ1n) is 21.5. The van der Waals surface area contributed by atoms with Gasteiger partial charge in [0.25, 0.3) is 0 Å². The number of amidine groups is 1. The molecule has 18 heteroatoms. The van der Waals surface area contributed by atoms with E-state index in [4.69, 9.17) is 37.6 Å². The van der Waals surface area contributed by atoms with Gasteiger partial charge in [-0.1, -0.05) is 74.5 Å². The van der Waals surface area contributed by atoms with Gasteiger partial charge in [0.1, 0.15) is 11.9 Å². The summed E-state index contributed by atoms with van der Waals surface area (Å²) in [4.78, 5) is 29.3. The minimum Gasteiger partial charge on any atom is -0.478 e. The molecular weight excluding hydrogens is 817 g/mol. The SMILES string of the molecule is CN[C@@H](CS(O)(O)O)C(=O)NCCCOCCOCCOCCCNC(=O)CCCCN1NNN=C1C(C)(C)CCCCOc1cc(-c2ccccc2)cc(-c2ccccc2)n1. The molecule has 17 nitrogen and oxygen atoms in total. The number of likely N-dealkylation sites (N-methyl/N-ethyl adjacent to an activating group) is 1. The van der Waals surface area contributed by atoms with Crippen LogP contribution in [0.3, 0.4) is 0 Å². The standard InChI is InChI=1S/C44H68N8O9S/c1-44(2,21-11-13-27-61-41-33-37(35-16-6-4-7-17-35)32-38(48-41)36-18-8-5-9-19-36)43-49-50-51-52(43)24-12-10-20-40(53)46-22-14-25-58-28-30-60-31-29-59-26-15-23-47-42(54)39(45-3)34-62(55,56)57/h4-9,16-19,32-33,39,45,50-51,55-57H,10-15,20-31,34H2,1-3H3,(H,46,53)(H,47,54)/t39-/m0/s1. The lowest BCUT2D eigenvalue weighted by Gasteiger charge is -2.30. The predicted octanol–water partition coefficient (Wildman–Crippen LogP) is 5.67. The lowest BCUT2D eigenvalue weighted by Crippen LogP contribution is -2.46. The minimum absolute atomic E-state index is 0.0298. The third kappa shape index (κ3) is 19.3. The molecule has 0 unspecified atom stereocenters. The van der Waals surface area contributed by atoms with Crippen molar-refractivity contribution in [2.24, 2.45) is 10.5 Å². The summed E-state index contributed by atoms with van der Waals surface area (Å²) in [7, 11) is -2.26. The summed E-state index contributed by atoms with van der Waals surface area (Å²) < 4.78 is 50.2. The first-order valence-corrected chi connectivity index (χ1v) is 23.2. The summed E-state index contributed by atoms with van der Waals surface area (Å²) in [5.41, 5.74) is 10.0. The molecule has 3 aromatic rings. The molecule has 0 spiro atoms. The molecule has 2 amide bonds. The van der Waals surface area contributed by atoms with Gasteiger partial charge in [-0.3, -0.25) is 14.6 Å². The number of hydrazone groups is 1. The molecule has 2 heterocycles. The second kappa shape index (κ2) is 27.6. The second-order valence-electron chi connectivity index (χ2n) is 15.6. The van der Waals surface area contributed by atoms with Gasteiger partial charge in [0.05, 0.1) is 55.4 Å². The first-order chi connectivity index (χ1) is 29.9. The Morgan fingerprint density at radius 1 is 0.758 bits per heavy atom. The molecular formula is C44H68N8O9S. The zero-order valence-electron chi connectivity index (χ0n) is 36.5. The number of carbonyl (C=O) groups is 2. The maximum Gasteiger partial charge on any atom is 0.238 e. The highest BCUT2D eigenvalue weighted by molar-refractivity contribution is 8.19. The van der Waals surface area contributed by atoms with Gasteiger partial charge in [-0.2, -0.15) is 0 Å². The Morgan fingerprint density at radius 3 is 2.03 bits per heavy atom. The molecule has 4 rings (SSSR count). The van der Waals surface area contributed by atoms with Gasteiger partial charge in [0.2, 0.25) is 17.7 Å². The topological polar surface area (TPSA) is 220 Å². The number of benzene rings is 2. The number of pyridine rings is 1. The number of nitrogens with zero attached hydrogens (tertiary/aromatic N) is 3. The van der Waals surface area contributed by atoms with Crippen LogP contribution in [0.15, 0.2) is 77.9 Å². The summed E-state index contributed by atoms with van der Waals surface area (Å²) in [6, 6.07) is 23.7. The van der Waals surface area contributed by atoms with Crippen LogP contribution in [-0.4, -0.2) is 126 Å². The maximum atomic E-state index is 12.4. The average molecular weight is 885 g/mol. The molecule has 0 fully saturated rings. The van der Waals surface area contributed by atoms with Crippen LogP contribution in [0.5, 0.6) is 5.88 Å². The van der Waals surface area contributed by atoms with Crippen molar-refractivity contribution < 1.29 is 42.2 Å². The van der Waals surface area contributed by atoms with E-state index in [-0.39, 0.29) is 11.3 Å². The lowest BCUT2D eigenvalue weighted by molar-refractivity contribution is -0.123. The van der Waals surface area contributed by atoms with Crippen LogP contribution < -0.4 is 31.8 Å².